The van der Waals surface area contributed by atoms with Gasteiger partial charge >= 0.3 is 0 Å². The number of nitrogens with one attached hydrogen (secondary N) is 1. The molecule has 1 aliphatic rings. The van der Waals surface area contributed by atoms with Gasteiger partial charge in [0, 0.05) is 10.0 Å². The lowest BCUT2D eigenvalue weighted by Crippen LogP contribution is -2.35. The fourth-order valence-corrected chi connectivity index (χ4v) is 2.89. The highest BCUT2D eigenvalue weighted by Gasteiger charge is 2.30. The van der Waals surface area contributed by atoms with Crippen LogP contribution < -0.4 is 5.32 Å². The van der Waals surface area contributed by atoms with Crippen molar-refractivity contribution in [2.24, 2.45) is 11.8 Å². The lowest BCUT2D eigenvalue weighted by Gasteiger charge is -2.37. The number of benzene rings is 1. The number of halogens is 2. The fourth-order valence-electron chi connectivity index (χ4n) is 2.41. The molecule has 0 radical (unpaired) electrons. The Morgan fingerprint density at radius 3 is 2.56 bits per heavy atom. The Bertz CT molecular complexity index is 365. The van der Waals surface area contributed by atoms with E-state index in [1.165, 1.54) is 18.4 Å². The van der Waals surface area contributed by atoms with Crippen LogP contribution in [0.25, 0.3) is 0 Å². The van der Waals surface area contributed by atoms with E-state index in [1.807, 2.05) is 19.2 Å². The maximum atomic E-state index is 6.18. The highest BCUT2D eigenvalue weighted by atomic mass is 35.5. The summed E-state index contributed by atoms with van der Waals surface area (Å²) in [4.78, 5) is 0. The number of hydrogen-bond acceptors (Lipinski definition) is 1. The Kier molecular flexibility index (Phi) is 4.12. The Morgan fingerprint density at radius 1 is 1.25 bits per heavy atom. The molecule has 0 aliphatic heterocycles. The van der Waals surface area contributed by atoms with Crippen LogP contribution in [0.4, 0.5) is 0 Å². The Morgan fingerprint density at radius 2 is 2.00 bits per heavy atom. The summed E-state index contributed by atoms with van der Waals surface area (Å²) in [6.07, 6.45) is 3.75. The molecule has 0 amide bonds. The van der Waals surface area contributed by atoms with Gasteiger partial charge in [-0.05, 0) is 62.4 Å². The summed E-state index contributed by atoms with van der Waals surface area (Å²) in [7, 11) is 2.02. The van der Waals surface area contributed by atoms with Crippen LogP contribution in [-0.2, 0) is 6.42 Å². The molecule has 1 fully saturated rings. The lowest BCUT2D eigenvalue weighted by atomic mass is 9.71. The van der Waals surface area contributed by atoms with Crippen molar-refractivity contribution in [1.29, 1.82) is 0 Å². The minimum absolute atomic E-state index is 0.717. The van der Waals surface area contributed by atoms with Gasteiger partial charge in [-0.3, -0.25) is 0 Å². The zero-order valence-electron chi connectivity index (χ0n) is 9.47. The van der Waals surface area contributed by atoms with Crippen LogP contribution in [0.15, 0.2) is 18.2 Å². The summed E-state index contributed by atoms with van der Waals surface area (Å²) in [5.41, 5.74) is 1.23. The molecule has 0 spiro atoms. The second kappa shape index (κ2) is 5.39. The van der Waals surface area contributed by atoms with Crippen molar-refractivity contribution in [1.82, 2.24) is 5.32 Å². The third kappa shape index (κ3) is 2.71. The second-order valence-electron chi connectivity index (χ2n) is 4.60. The van der Waals surface area contributed by atoms with Gasteiger partial charge in [-0.1, -0.05) is 29.3 Å². The molecular weight excluding hydrogens is 241 g/mol. The van der Waals surface area contributed by atoms with Crippen LogP contribution in [0.5, 0.6) is 0 Å². The smallest absolute Gasteiger partial charge is 0.0452 e. The Labute approximate surface area is 107 Å². The summed E-state index contributed by atoms with van der Waals surface area (Å²) in [6, 6.07) is 5.82. The van der Waals surface area contributed by atoms with E-state index in [0.717, 1.165) is 29.8 Å². The molecule has 1 aliphatic carbocycles. The molecule has 1 aromatic rings. The third-order valence-electron chi connectivity index (χ3n) is 3.54. The first-order valence-electron chi connectivity index (χ1n) is 5.79. The van der Waals surface area contributed by atoms with Crippen LogP contribution in [-0.4, -0.2) is 13.6 Å². The van der Waals surface area contributed by atoms with Crippen molar-refractivity contribution in [3.63, 3.8) is 0 Å². The molecule has 88 valence electrons. The van der Waals surface area contributed by atoms with E-state index in [2.05, 4.69) is 11.4 Å². The standard InChI is InChI=1S/C13H17Cl2N/c1-16-8-11-3-2-9(11)6-10-4-5-12(14)7-13(10)15/h4-5,7,9,11,16H,2-3,6,8H2,1H3. The molecule has 2 rings (SSSR count). The van der Waals surface area contributed by atoms with Crippen LogP contribution in [0, 0.1) is 11.8 Å². The molecule has 1 saturated carbocycles. The molecule has 1 aromatic carbocycles. The summed E-state index contributed by atoms with van der Waals surface area (Å²) in [5.74, 6) is 1.60. The largest absolute Gasteiger partial charge is 0.319 e. The fraction of sp³-hybridized carbons (Fsp3) is 0.538. The quantitative estimate of drug-likeness (QED) is 0.866. The first kappa shape index (κ1) is 12.2. The van der Waals surface area contributed by atoms with Crippen molar-refractivity contribution in [3.8, 4) is 0 Å². The predicted octanol–water partition coefficient (Wildman–Crippen LogP) is 3.78. The highest BCUT2D eigenvalue weighted by Crippen LogP contribution is 2.37. The summed E-state index contributed by atoms with van der Waals surface area (Å²) < 4.78 is 0. The van der Waals surface area contributed by atoms with Crippen LogP contribution in [0.2, 0.25) is 10.0 Å². The maximum absolute atomic E-state index is 6.18. The van der Waals surface area contributed by atoms with Gasteiger partial charge in [-0.15, -0.1) is 0 Å². The summed E-state index contributed by atoms with van der Waals surface area (Å²) in [5, 5.41) is 4.78. The highest BCUT2D eigenvalue weighted by molar-refractivity contribution is 6.35. The van der Waals surface area contributed by atoms with Crippen LogP contribution in [0.3, 0.4) is 0 Å². The average Bonchev–Trinajstić information content (AvgIpc) is 2.23. The monoisotopic (exact) mass is 257 g/mol. The van der Waals surface area contributed by atoms with Gasteiger partial charge in [-0.25, -0.2) is 0 Å². The molecule has 1 nitrogen and oxygen atoms in total. The zero-order valence-corrected chi connectivity index (χ0v) is 11.0. The van der Waals surface area contributed by atoms with Gasteiger partial charge in [0.1, 0.15) is 0 Å². The van der Waals surface area contributed by atoms with E-state index in [4.69, 9.17) is 23.2 Å². The lowest BCUT2D eigenvalue weighted by molar-refractivity contribution is 0.174. The van der Waals surface area contributed by atoms with Crippen molar-refractivity contribution < 1.29 is 0 Å². The van der Waals surface area contributed by atoms with E-state index < -0.39 is 0 Å². The van der Waals surface area contributed by atoms with E-state index >= 15 is 0 Å². The Balaban J connectivity index is 1.98. The molecule has 0 saturated heterocycles. The predicted molar refractivity (Wildman–Crippen MR) is 70.3 cm³/mol. The zero-order chi connectivity index (χ0) is 11.5. The van der Waals surface area contributed by atoms with E-state index in [1.54, 1.807) is 0 Å². The minimum atomic E-state index is 0.717. The molecule has 0 aromatic heterocycles. The first-order chi connectivity index (χ1) is 7.70. The SMILES string of the molecule is CNCC1CCC1Cc1ccc(Cl)cc1Cl. The van der Waals surface area contributed by atoms with Gasteiger partial charge < -0.3 is 5.32 Å². The van der Waals surface area contributed by atoms with E-state index in [0.29, 0.717) is 5.02 Å². The third-order valence-corrected chi connectivity index (χ3v) is 4.13. The molecule has 1 N–H and O–H groups in total. The number of hydrogen-bond donors (Lipinski definition) is 1. The molecule has 3 heteroatoms. The minimum Gasteiger partial charge on any atom is -0.319 e. The normalized spacial score (nSPS) is 24.2. The van der Waals surface area contributed by atoms with Gasteiger partial charge in [-0.2, -0.15) is 0 Å². The first-order valence-corrected chi connectivity index (χ1v) is 6.55. The average molecular weight is 258 g/mol. The molecule has 0 bridgehead atoms. The molecular formula is C13H17Cl2N. The summed E-state index contributed by atoms with van der Waals surface area (Å²) in [6.45, 7) is 1.12. The van der Waals surface area contributed by atoms with Crippen molar-refractivity contribution in [2.45, 2.75) is 19.3 Å². The Hall–Kier alpha value is -0.240. The van der Waals surface area contributed by atoms with Crippen LogP contribution >= 0.6 is 23.2 Å². The van der Waals surface area contributed by atoms with Gasteiger partial charge in [0.05, 0.1) is 0 Å². The number of rotatable bonds is 4. The second-order valence-corrected chi connectivity index (χ2v) is 5.44. The topological polar surface area (TPSA) is 12.0 Å². The van der Waals surface area contributed by atoms with Crippen molar-refractivity contribution in [2.75, 3.05) is 13.6 Å². The van der Waals surface area contributed by atoms with E-state index in [9.17, 15) is 0 Å². The van der Waals surface area contributed by atoms with Gasteiger partial charge in [0.25, 0.3) is 0 Å². The molecule has 0 heterocycles. The molecule has 2 unspecified atom stereocenters. The van der Waals surface area contributed by atoms with Crippen molar-refractivity contribution in [3.05, 3.63) is 33.8 Å². The molecule has 2 atom stereocenters. The van der Waals surface area contributed by atoms with Gasteiger partial charge in [0.15, 0.2) is 0 Å². The maximum Gasteiger partial charge on any atom is 0.0452 e. The summed E-state index contributed by atoms with van der Waals surface area (Å²) >= 11 is 12.1. The van der Waals surface area contributed by atoms with Crippen LogP contribution in [0.1, 0.15) is 18.4 Å². The van der Waals surface area contributed by atoms with Crippen molar-refractivity contribution >= 4 is 23.2 Å². The molecule has 16 heavy (non-hydrogen) atoms. The van der Waals surface area contributed by atoms with E-state index in [-0.39, 0.29) is 0 Å². The van der Waals surface area contributed by atoms with Gasteiger partial charge in [0.2, 0.25) is 0 Å².